The quantitative estimate of drug-likeness (QED) is 0.189. The van der Waals surface area contributed by atoms with E-state index in [1.807, 2.05) is 66.7 Å². The number of para-hydroxylation sites is 3. The summed E-state index contributed by atoms with van der Waals surface area (Å²) in [6, 6.07) is 44.9. The van der Waals surface area contributed by atoms with Crippen molar-refractivity contribution in [2.45, 2.75) is 26.2 Å². The van der Waals surface area contributed by atoms with Gasteiger partial charge in [-0.25, -0.2) is 9.37 Å². The van der Waals surface area contributed by atoms with Crippen LogP contribution in [0.2, 0.25) is 0 Å². The number of aliphatic imine (C=N–C) groups is 1. The highest BCUT2D eigenvalue weighted by Crippen LogP contribution is 2.38. The van der Waals surface area contributed by atoms with Crippen molar-refractivity contribution >= 4 is 22.9 Å². The van der Waals surface area contributed by atoms with Crippen molar-refractivity contribution in [3.8, 4) is 45.1 Å². The van der Waals surface area contributed by atoms with Gasteiger partial charge < -0.3 is 5.11 Å². The normalized spacial score (nSPS) is 11.8. The molecule has 6 aromatic carbocycles. The molecule has 0 spiro atoms. The minimum atomic E-state index is -0.256. The van der Waals surface area contributed by atoms with E-state index in [1.165, 1.54) is 12.1 Å². The number of aromatic nitrogens is 2. The van der Waals surface area contributed by atoms with Crippen LogP contribution in [-0.2, 0) is 5.41 Å². The maximum absolute atomic E-state index is 13.7. The predicted molar refractivity (Wildman–Crippen MR) is 191 cm³/mol. The molecule has 0 radical (unpaired) electrons. The predicted octanol–water partition coefficient (Wildman–Crippen LogP) is 10.9. The smallest absolute Gasteiger partial charge is 0.147 e. The van der Waals surface area contributed by atoms with Crippen LogP contribution in [-0.4, -0.2) is 20.9 Å². The van der Waals surface area contributed by atoms with Gasteiger partial charge in [0.25, 0.3) is 0 Å². The summed E-state index contributed by atoms with van der Waals surface area (Å²) in [7, 11) is 0. The molecule has 0 saturated heterocycles. The third kappa shape index (κ3) is 5.96. The topological polar surface area (TPSA) is 50.4 Å². The van der Waals surface area contributed by atoms with E-state index in [0.717, 1.165) is 61.6 Å². The van der Waals surface area contributed by atoms with Crippen LogP contribution < -0.4 is 0 Å². The second-order valence-electron chi connectivity index (χ2n) is 12.7. The van der Waals surface area contributed by atoms with E-state index in [-0.39, 0.29) is 17.0 Å². The van der Waals surface area contributed by atoms with Crippen LogP contribution in [0, 0.1) is 5.82 Å². The molecule has 230 valence electrons. The van der Waals surface area contributed by atoms with Crippen LogP contribution in [0.25, 0.3) is 50.4 Å². The summed E-state index contributed by atoms with van der Waals surface area (Å²) in [4.78, 5) is 10.2. The number of phenolic OH excluding ortho intramolecular Hbond substituents is 1. The molecule has 0 bridgehead atoms. The molecule has 1 N–H and O–H groups in total. The number of aromatic hydroxyl groups is 1. The number of benzene rings is 6. The zero-order chi connectivity index (χ0) is 32.5. The van der Waals surface area contributed by atoms with Gasteiger partial charge in [0.2, 0.25) is 0 Å². The Bertz CT molecular complexity index is 2240. The van der Waals surface area contributed by atoms with E-state index in [2.05, 4.69) is 67.8 Å². The van der Waals surface area contributed by atoms with Gasteiger partial charge in [-0.2, -0.15) is 0 Å². The number of hydrogen-bond donors (Lipinski definition) is 1. The monoisotopic (exact) mass is 615 g/mol. The first-order valence-electron chi connectivity index (χ1n) is 15.7. The lowest BCUT2D eigenvalue weighted by Gasteiger charge is -2.19. The van der Waals surface area contributed by atoms with Gasteiger partial charge in [0.05, 0.1) is 16.7 Å². The fourth-order valence-corrected chi connectivity index (χ4v) is 5.90. The third-order valence-electron chi connectivity index (χ3n) is 8.43. The summed E-state index contributed by atoms with van der Waals surface area (Å²) >= 11 is 0. The number of fused-ring (bicyclic) bond motifs is 1. The average Bonchev–Trinajstić information content (AvgIpc) is 3.48. The Hall–Kier alpha value is -5.81. The fraction of sp³-hybridized carbons (Fsp3) is 0.0952. The Kier molecular flexibility index (Phi) is 7.74. The Morgan fingerprint density at radius 2 is 1.38 bits per heavy atom. The van der Waals surface area contributed by atoms with Gasteiger partial charge in [-0.1, -0.05) is 99.6 Å². The van der Waals surface area contributed by atoms with E-state index in [4.69, 9.17) is 9.98 Å². The zero-order valence-corrected chi connectivity index (χ0v) is 26.5. The minimum Gasteiger partial charge on any atom is -0.507 e. The van der Waals surface area contributed by atoms with Crippen LogP contribution in [0.1, 0.15) is 31.9 Å². The van der Waals surface area contributed by atoms with Crippen LogP contribution in [0.3, 0.4) is 0 Å². The van der Waals surface area contributed by atoms with Crippen LogP contribution in [0.5, 0.6) is 5.75 Å². The molecule has 0 atom stereocenters. The van der Waals surface area contributed by atoms with Gasteiger partial charge >= 0.3 is 0 Å². The van der Waals surface area contributed by atoms with Crippen LogP contribution >= 0.6 is 0 Å². The van der Waals surface area contributed by atoms with E-state index in [0.29, 0.717) is 5.56 Å². The number of nitrogens with zero attached hydrogens (tertiary/aromatic N) is 3. The highest BCUT2D eigenvalue weighted by atomic mass is 19.1. The molecule has 1 aromatic heterocycles. The molecule has 0 fully saturated rings. The third-order valence-corrected chi connectivity index (χ3v) is 8.43. The molecular formula is C42H34FN3O. The molecule has 0 aliphatic carbocycles. The second-order valence-corrected chi connectivity index (χ2v) is 12.7. The number of halogens is 1. The largest absolute Gasteiger partial charge is 0.507 e. The summed E-state index contributed by atoms with van der Waals surface area (Å²) in [6.07, 6.45) is 1.73. The van der Waals surface area contributed by atoms with Crippen molar-refractivity contribution in [1.29, 1.82) is 0 Å². The lowest BCUT2D eigenvalue weighted by molar-refractivity contribution is 0.473. The molecule has 7 rings (SSSR count). The zero-order valence-electron chi connectivity index (χ0n) is 26.5. The van der Waals surface area contributed by atoms with Gasteiger partial charge in [-0.05, 0) is 88.3 Å². The Balaban J connectivity index is 1.39. The minimum absolute atomic E-state index is 0.0645. The lowest BCUT2D eigenvalue weighted by Crippen LogP contribution is -2.11. The Morgan fingerprint density at radius 1 is 0.681 bits per heavy atom. The van der Waals surface area contributed by atoms with Crippen molar-refractivity contribution in [3.05, 3.63) is 156 Å². The maximum Gasteiger partial charge on any atom is 0.147 e. The molecule has 5 heteroatoms. The van der Waals surface area contributed by atoms with E-state index in [9.17, 15) is 9.50 Å². The average molecular weight is 616 g/mol. The van der Waals surface area contributed by atoms with Crippen molar-refractivity contribution in [1.82, 2.24) is 9.55 Å². The van der Waals surface area contributed by atoms with E-state index >= 15 is 0 Å². The van der Waals surface area contributed by atoms with Crippen molar-refractivity contribution in [2.75, 3.05) is 0 Å². The highest BCUT2D eigenvalue weighted by molar-refractivity contribution is 5.97. The summed E-state index contributed by atoms with van der Waals surface area (Å²) in [6.45, 7) is 6.45. The van der Waals surface area contributed by atoms with E-state index in [1.54, 1.807) is 24.4 Å². The van der Waals surface area contributed by atoms with Crippen molar-refractivity contribution in [3.63, 3.8) is 0 Å². The first kappa shape index (κ1) is 29.9. The fourth-order valence-electron chi connectivity index (χ4n) is 5.90. The summed E-state index contributed by atoms with van der Waals surface area (Å²) in [5.41, 5.74) is 10.1. The summed E-state index contributed by atoms with van der Waals surface area (Å²) < 4.78 is 15.8. The molecular weight excluding hydrogens is 581 g/mol. The lowest BCUT2D eigenvalue weighted by atomic mass is 9.86. The van der Waals surface area contributed by atoms with Crippen molar-refractivity contribution < 1.29 is 9.50 Å². The second kappa shape index (κ2) is 12.2. The Labute approximate surface area is 274 Å². The molecule has 0 aliphatic rings. The molecule has 47 heavy (non-hydrogen) atoms. The molecule has 0 amide bonds. The SMILES string of the molecule is CC(C)(C)c1ccc(O)c(C=Nc2ccccc2-c2nc3c(-c4cccc(-c5ccc(F)cc5)c4)cccc3n2-c2ccccc2)c1. The molecule has 0 unspecified atom stereocenters. The molecule has 1 heterocycles. The van der Waals surface area contributed by atoms with Gasteiger partial charge in [0.15, 0.2) is 0 Å². The standard InChI is InChI=1S/C42H34FN3O/c1-42(2,3)32-21-24-39(47)31(26-32)27-44-37-17-8-7-15-36(37)41-45-40-35(16-10-18-38(40)46(41)34-13-5-4-6-14-34)30-12-9-11-29(25-30)28-19-22-33(43)23-20-28/h4-27,47H,1-3H3. The summed E-state index contributed by atoms with van der Waals surface area (Å²) in [5, 5.41) is 10.7. The molecule has 0 aliphatic heterocycles. The van der Waals surface area contributed by atoms with Gasteiger partial charge in [-0.3, -0.25) is 9.56 Å². The van der Waals surface area contributed by atoms with Crippen LogP contribution in [0.4, 0.5) is 10.1 Å². The maximum atomic E-state index is 13.7. The van der Waals surface area contributed by atoms with E-state index < -0.39 is 0 Å². The first-order chi connectivity index (χ1) is 22.8. The molecule has 4 nitrogen and oxygen atoms in total. The number of phenols is 1. The van der Waals surface area contributed by atoms with Gasteiger partial charge in [0, 0.05) is 28.6 Å². The summed E-state index contributed by atoms with van der Waals surface area (Å²) in [5.74, 6) is 0.686. The van der Waals surface area contributed by atoms with Gasteiger partial charge in [-0.15, -0.1) is 0 Å². The van der Waals surface area contributed by atoms with Crippen molar-refractivity contribution in [2.24, 2.45) is 4.99 Å². The van der Waals surface area contributed by atoms with Crippen LogP contribution in [0.15, 0.2) is 145 Å². The number of hydrogen-bond acceptors (Lipinski definition) is 3. The van der Waals surface area contributed by atoms with Gasteiger partial charge in [0.1, 0.15) is 17.4 Å². The number of imidazole rings is 1. The highest BCUT2D eigenvalue weighted by Gasteiger charge is 2.20. The molecule has 7 aromatic rings. The number of rotatable bonds is 6. The first-order valence-corrected chi connectivity index (χ1v) is 15.7. The molecule has 0 saturated carbocycles. The Morgan fingerprint density at radius 3 is 2.17 bits per heavy atom.